The quantitative estimate of drug-likeness (QED) is 0.604. The average Bonchev–Trinajstić information content (AvgIpc) is 2.75. The van der Waals surface area contributed by atoms with Gasteiger partial charge in [-0.25, -0.2) is 4.39 Å². The summed E-state index contributed by atoms with van der Waals surface area (Å²) in [6.45, 7) is 0. The number of thiophene rings is 1. The van der Waals surface area contributed by atoms with E-state index in [2.05, 4.69) is 37.3 Å². The van der Waals surface area contributed by atoms with Crippen molar-refractivity contribution in [2.24, 2.45) is 5.84 Å². The van der Waals surface area contributed by atoms with Crippen molar-refractivity contribution in [2.75, 3.05) is 0 Å². The first-order valence-electron chi connectivity index (χ1n) is 5.25. The second-order valence-corrected chi connectivity index (χ2v) is 7.20. The van der Waals surface area contributed by atoms with Gasteiger partial charge < -0.3 is 0 Å². The summed E-state index contributed by atoms with van der Waals surface area (Å²) in [5.74, 6) is 5.31. The van der Waals surface area contributed by atoms with E-state index in [1.807, 2.05) is 12.1 Å². The van der Waals surface area contributed by atoms with Crippen LogP contribution < -0.4 is 11.3 Å². The minimum atomic E-state index is -0.263. The van der Waals surface area contributed by atoms with Crippen LogP contribution in [0.4, 0.5) is 4.39 Å². The Balaban J connectivity index is 2.25. The lowest BCUT2D eigenvalue weighted by molar-refractivity contribution is 0.545. The predicted molar refractivity (Wildman–Crippen MR) is 79.9 cm³/mol. The molecule has 3 N–H and O–H groups in total. The van der Waals surface area contributed by atoms with E-state index in [0.717, 1.165) is 20.2 Å². The SMILES string of the molecule is NNC(Cc1ccc(Br)s1)c1cc(F)ccc1Br. The lowest BCUT2D eigenvalue weighted by atomic mass is 10.0. The van der Waals surface area contributed by atoms with E-state index in [1.54, 1.807) is 17.4 Å². The van der Waals surface area contributed by atoms with Crippen molar-refractivity contribution in [3.63, 3.8) is 0 Å². The molecule has 96 valence electrons. The molecule has 1 heterocycles. The smallest absolute Gasteiger partial charge is 0.123 e. The van der Waals surface area contributed by atoms with Gasteiger partial charge in [0, 0.05) is 15.8 Å². The maximum Gasteiger partial charge on any atom is 0.123 e. The Morgan fingerprint density at radius 3 is 2.67 bits per heavy atom. The second-order valence-electron chi connectivity index (χ2n) is 3.80. The maximum absolute atomic E-state index is 13.3. The summed E-state index contributed by atoms with van der Waals surface area (Å²) in [6, 6.07) is 8.51. The van der Waals surface area contributed by atoms with E-state index >= 15 is 0 Å². The number of halogens is 3. The van der Waals surface area contributed by atoms with Crippen LogP contribution in [0, 0.1) is 5.82 Å². The molecule has 0 saturated heterocycles. The molecule has 2 nitrogen and oxygen atoms in total. The monoisotopic (exact) mass is 392 g/mol. The highest BCUT2D eigenvalue weighted by atomic mass is 79.9. The molecule has 2 rings (SSSR count). The normalized spacial score (nSPS) is 12.7. The molecule has 0 fully saturated rings. The molecule has 0 spiro atoms. The Hall–Kier alpha value is -0.270. The van der Waals surface area contributed by atoms with Crippen molar-refractivity contribution >= 4 is 43.2 Å². The number of nitrogens with two attached hydrogens (primary N) is 1. The molecule has 1 unspecified atom stereocenters. The Morgan fingerprint density at radius 2 is 2.06 bits per heavy atom. The summed E-state index contributed by atoms with van der Waals surface area (Å²) in [7, 11) is 0. The van der Waals surface area contributed by atoms with Crippen LogP contribution in [0.15, 0.2) is 38.6 Å². The second kappa shape index (κ2) is 6.25. The largest absolute Gasteiger partial charge is 0.271 e. The molecule has 0 radical (unpaired) electrons. The highest BCUT2D eigenvalue weighted by molar-refractivity contribution is 9.11. The highest BCUT2D eigenvalue weighted by Gasteiger charge is 2.15. The molecule has 18 heavy (non-hydrogen) atoms. The van der Waals surface area contributed by atoms with Crippen molar-refractivity contribution < 1.29 is 4.39 Å². The zero-order valence-corrected chi connectivity index (χ0v) is 13.3. The molecule has 0 aliphatic carbocycles. The van der Waals surface area contributed by atoms with Gasteiger partial charge in [-0.1, -0.05) is 15.9 Å². The molecule has 0 aliphatic heterocycles. The zero-order chi connectivity index (χ0) is 13.1. The summed E-state index contributed by atoms with van der Waals surface area (Å²) in [5.41, 5.74) is 3.56. The minimum Gasteiger partial charge on any atom is -0.271 e. The number of hydrazine groups is 1. The van der Waals surface area contributed by atoms with Crippen LogP contribution in [0.5, 0.6) is 0 Å². The Kier molecular flexibility index (Phi) is 4.91. The van der Waals surface area contributed by atoms with Crippen LogP contribution >= 0.6 is 43.2 Å². The zero-order valence-electron chi connectivity index (χ0n) is 9.29. The molecule has 0 amide bonds. The summed E-state index contributed by atoms with van der Waals surface area (Å²) in [5, 5.41) is 0. The summed E-state index contributed by atoms with van der Waals surface area (Å²) < 4.78 is 15.2. The summed E-state index contributed by atoms with van der Waals surface area (Å²) >= 11 is 8.49. The summed E-state index contributed by atoms with van der Waals surface area (Å²) in [4.78, 5) is 1.18. The average molecular weight is 394 g/mol. The number of nitrogens with one attached hydrogen (secondary N) is 1. The van der Waals surface area contributed by atoms with Crippen molar-refractivity contribution in [3.05, 3.63) is 54.8 Å². The first kappa shape index (κ1) is 14.1. The van der Waals surface area contributed by atoms with Crippen molar-refractivity contribution in [1.29, 1.82) is 0 Å². The lowest BCUT2D eigenvalue weighted by Gasteiger charge is -2.17. The predicted octanol–water partition coefficient (Wildman–Crippen LogP) is 4.16. The van der Waals surface area contributed by atoms with E-state index in [-0.39, 0.29) is 11.9 Å². The number of hydrogen-bond acceptors (Lipinski definition) is 3. The van der Waals surface area contributed by atoms with Gasteiger partial charge in [0.2, 0.25) is 0 Å². The van der Waals surface area contributed by atoms with Crippen LogP contribution in [0.25, 0.3) is 0 Å². The van der Waals surface area contributed by atoms with Crippen LogP contribution in [-0.4, -0.2) is 0 Å². The van der Waals surface area contributed by atoms with Gasteiger partial charge >= 0.3 is 0 Å². The number of hydrogen-bond donors (Lipinski definition) is 2. The minimum absolute atomic E-state index is 0.124. The third-order valence-corrected chi connectivity index (χ3v) is 4.94. The van der Waals surface area contributed by atoms with Gasteiger partial charge in [0.15, 0.2) is 0 Å². The fourth-order valence-electron chi connectivity index (χ4n) is 1.70. The van der Waals surface area contributed by atoms with Crippen LogP contribution in [0.2, 0.25) is 0 Å². The topological polar surface area (TPSA) is 38.0 Å². The number of benzene rings is 1. The molecule has 0 bridgehead atoms. The molecular weight excluding hydrogens is 383 g/mol. The van der Waals surface area contributed by atoms with Crippen LogP contribution in [-0.2, 0) is 6.42 Å². The van der Waals surface area contributed by atoms with Gasteiger partial charge in [-0.2, -0.15) is 0 Å². The molecule has 2 aromatic rings. The lowest BCUT2D eigenvalue weighted by Crippen LogP contribution is -2.29. The van der Waals surface area contributed by atoms with Crippen LogP contribution in [0.1, 0.15) is 16.5 Å². The molecule has 0 saturated carbocycles. The van der Waals surface area contributed by atoms with Gasteiger partial charge in [0.25, 0.3) is 0 Å². The first-order chi connectivity index (χ1) is 8.60. The van der Waals surface area contributed by atoms with Crippen molar-refractivity contribution in [3.8, 4) is 0 Å². The molecular formula is C12H11Br2FN2S. The van der Waals surface area contributed by atoms with E-state index in [0.29, 0.717) is 0 Å². The standard InChI is InChI=1S/C12H11Br2FN2S/c13-10-3-1-7(15)5-9(10)11(17-16)6-8-2-4-12(14)18-8/h1-5,11,17H,6,16H2. The summed E-state index contributed by atoms with van der Waals surface area (Å²) in [6.07, 6.45) is 0.717. The van der Waals surface area contributed by atoms with Gasteiger partial charge in [0.05, 0.1) is 9.83 Å². The third kappa shape index (κ3) is 3.39. The van der Waals surface area contributed by atoms with Crippen LogP contribution in [0.3, 0.4) is 0 Å². The van der Waals surface area contributed by atoms with Gasteiger partial charge in [0.1, 0.15) is 5.82 Å². The van der Waals surface area contributed by atoms with E-state index in [4.69, 9.17) is 5.84 Å². The third-order valence-electron chi connectivity index (χ3n) is 2.57. The van der Waals surface area contributed by atoms with Crippen molar-refractivity contribution in [2.45, 2.75) is 12.5 Å². The Morgan fingerprint density at radius 1 is 1.28 bits per heavy atom. The van der Waals surface area contributed by atoms with Gasteiger partial charge in [-0.05, 0) is 51.8 Å². The molecule has 0 aliphatic rings. The van der Waals surface area contributed by atoms with E-state index in [9.17, 15) is 4.39 Å². The maximum atomic E-state index is 13.3. The fourth-order valence-corrected chi connectivity index (χ4v) is 3.75. The Bertz CT molecular complexity index is 545. The highest BCUT2D eigenvalue weighted by Crippen LogP contribution is 2.30. The Labute approximate surface area is 126 Å². The van der Waals surface area contributed by atoms with Gasteiger partial charge in [-0.3, -0.25) is 11.3 Å². The molecule has 1 atom stereocenters. The number of rotatable bonds is 4. The van der Waals surface area contributed by atoms with E-state index in [1.165, 1.54) is 17.0 Å². The fraction of sp³-hybridized carbons (Fsp3) is 0.167. The molecule has 6 heteroatoms. The molecule has 1 aromatic heterocycles. The van der Waals surface area contributed by atoms with Gasteiger partial charge in [-0.15, -0.1) is 11.3 Å². The molecule has 1 aromatic carbocycles. The van der Waals surface area contributed by atoms with E-state index < -0.39 is 0 Å². The van der Waals surface area contributed by atoms with Crippen molar-refractivity contribution in [1.82, 2.24) is 5.43 Å². The first-order valence-corrected chi connectivity index (χ1v) is 7.65.